The van der Waals surface area contributed by atoms with E-state index in [4.69, 9.17) is 34.2 Å². The molecule has 0 heterocycles. The molecule has 220 valence electrons. The number of carbonyl (C=O) groups excluding carboxylic acids is 3. The van der Waals surface area contributed by atoms with Gasteiger partial charge in [-0.1, -0.05) is 19.9 Å². The van der Waals surface area contributed by atoms with Crippen molar-refractivity contribution in [2.24, 2.45) is 5.73 Å². The molecule has 0 amide bonds. The first-order valence-corrected chi connectivity index (χ1v) is 12.8. The van der Waals surface area contributed by atoms with Crippen molar-refractivity contribution < 1.29 is 52.7 Å². The van der Waals surface area contributed by atoms with E-state index in [-0.39, 0.29) is 30.9 Å². The van der Waals surface area contributed by atoms with Crippen LogP contribution < -0.4 is 15.2 Å². The largest absolute Gasteiger partial charge is 0.514 e. The van der Waals surface area contributed by atoms with Crippen LogP contribution in [0.4, 0.5) is 14.4 Å². The molecule has 0 spiro atoms. The number of carbonyl (C=O) groups is 4. The van der Waals surface area contributed by atoms with Crippen LogP contribution in [0.3, 0.4) is 0 Å². The Labute approximate surface area is 229 Å². The van der Waals surface area contributed by atoms with Crippen LogP contribution in [0.15, 0.2) is 18.2 Å². The second kappa shape index (κ2) is 14.0. The van der Waals surface area contributed by atoms with E-state index < -0.39 is 47.3 Å². The molecule has 3 N–H and O–H groups in total. The SMILES string of the molecule is CCOC(=O)O[C@@H](C)CC(N)(Cc1ccc(OC(=O)OC(C)(C)CC)c(OC(=O)OC(C)(C)CC)c1)C(=O)O. The summed E-state index contributed by atoms with van der Waals surface area (Å²) >= 11 is 0. The number of carboxylic acid groups (broad SMARTS) is 1. The van der Waals surface area contributed by atoms with Crippen molar-refractivity contribution in [1.82, 2.24) is 0 Å². The minimum absolute atomic E-state index is 0.0941. The summed E-state index contributed by atoms with van der Waals surface area (Å²) < 4.78 is 31.0. The molecule has 0 fully saturated rings. The number of hydrogen-bond acceptors (Lipinski definition) is 11. The Morgan fingerprint density at radius 1 is 0.872 bits per heavy atom. The van der Waals surface area contributed by atoms with Gasteiger partial charge >= 0.3 is 24.4 Å². The van der Waals surface area contributed by atoms with E-state index in [0.717, 1.165) is 0 Å². The Hall–Kier alpha value is -3.54. The lowest BCUT2D eigenvalue weighted by Crippen LogP contribution is -2.52. The van der Waals surface area contributed by atoms with E-state index in [9.17, 15) is 24.3 Å². The molecule has 2 atom stereocenters. The van der Waals surface area contributed by atoms with Crippen LogP contribution in [-0.2, 0) is 30.2 Å². The molecule has 0 aliphatic rings. The Morgan fingerprint density at radius 2 is 1.38 bits per heavy atom. The summed E-state index contributed by atoms with van der Waals surface area (Å²) in [6.07, 6.45) is -3.38. The number of rotatable bonds is 13. The molecule has 0 saturated heterocycles. The molecule has 0 saturated carbocycles. The van der Waals surface area contributed by atoms with Gasteiger partial charge in [-0.2, -0.15) is 0 Å². The summed E-state index contributed by atoms with van der Waals surface area (Å²) in [6, 6.07) is 4.10. The first kappa shape index (κ1) is 33.5. The topological polar surface area (TPSA) is 170 Å². The fraction of sp³-hybridized carbons (Fsp3) is 0.630. The van der Waals surface area contributed by atoms with Gasteiger partial charge in [0.15, 0.2) is 11.5 Å². The Kier molecular flexibility index (Phi) is 12.0. The monoisotopic (exact) mass is 555 g/mol. The van der Waals surface area contributed by atoms with Crippen molar-refractivity contribution in [2.45, 2.75) is 104 Å². The Morgan fingerprint density at radius 3 is 1.85 bits per heavy atom. The van der Waals surface area contributed by atoms with Gasteiger partial charge in [0.05, 0.1) is 6.61 Å². The first-order valence-electron chi connectivity index (χ1n) is 12.8. The third-order valence-corrected chi connectivity index (χ3v) is 5.97. The van der Waals surface area contributed by atoms with Gasteiger partial charge in [-0.3, -0.25) is 4.79 Å². The van der Waals surface area contributed by atoms with Gasteiger partial charge in [0, 0.05) is 12.8 Å². The maximum atomic E-state index is 12.5. The highest BCUT2D eigenvalue weighted by molar-refractivity contribution is 5.79. The number of nitrogens with two attached hydrogens (primary N) is 1. The van der Waals surface area contributed by atoms with Gasteiger partial charge in [0.25, 0.3) is 0 Å². The second-order valence-corrected chi connectivity index (χ2v) is 10.4. The van der Waals surface area contributed by atoms with Crippen LogP contribution in [-0.4, -0.2) is 59.0 Å². The van der Waals surface area contributed by atoms with Gasteiger partial charge < -0.3 is 39.3 Å². The number of aliphatic carboxylic acids is 1. The fourth-order valence-electron chi connectivity index (χ4n) is 3.11. The van der Waals surface area contributed by atoms with Gasteiger partial charge in [0.1, 0.15) is 22.8 Å². The smallest absolute Gasteiger partial charge is 0.480 e. The van der Waals surface area contributed by atoms with E-state index >= 15 is 0 Å². The molecule has 1 aromatic rings. The lowest BCUT2D eigenvalue weighted by Gasteiger charge is -2.28. The molecule has 1 aromatic carbocycles. The summed E-state index contributed by atoms with van der Waals surface area (Å²) in [5.41, 5.74) is 3.04. The van der Waals surface area contributed by atoms with Crippen LogP contribution in [0, 0.1) is 0 Å². The van der Waals surface area contributed by atoms with Crippen molar-refractivity contribution in [2.75, 3.05) is 6.61 Å². The highest BCUT2D eigenvalue weighted by Gasteiger charge is 2.37. The summed E-state index contributed by atoms with van der Waals surface area (Å²) in [4.78, 5) is 48.6. The normalized spacial score (nSPS) is 13.9. The molecule has 1 unspecified atom stereocenters. The first-order chi connectivity index (χ1) is 18.0. The van der Waals surface area contributed by atoms with Crippen LogP contribution in [0.1, 0.15) is 80.2 Å². The lowest BCUT2D eigenvalue weighted by molar-refractivity contribution is -0.144. The van der Waals surface area contributed by atoms with Crippen molar-refractivity contribution in [3.63, 3.8) is 0 Å². The molecule has 0 aliphatic heterocycles. The predicted molar refractivity (Wildman–Crippen MR) is 140 cm³/mol. The zero-order chi connectivity index (χ0) is 30.0. The maximum absolute atomic E-state index is 12.5. The molecular weight excluding hydrogens is 514 g/mol. The highest BCUT2D eigenvalue weighted by atomic mass is 16.8. The lowest BCUT2D eigenvalue weighted by atomic mass is 9.86. The van der Waals surface area contributed by atoms with Gasteiger partial charge in [-0.05, 0) is 72.1 Å². The van der Waals surface area contributed by atoms with Crippen molar-refractivity contribution >= 4 is 24.4 Å². The molecule has 12 nitrogen and oxygen atoms in total. The second-order valence-electron chi connectivity index (χ2n) is 10.4. The standard InChI is InChI=1S/C27H41NO11/c1-9-25(5,6)38-23(32)36-19-13-12-18(14-20(19)37-24(33)39-26(7,8)10-2)16-27(28,21(29)30)15-17(4)35-22(31)34-11-3/h12-14,17H,9-11,15-16,28H2,1-8H3,(H,29,30)/t17-,27?/m0/s1. The average Bonchev–Trinajstić information content (AvgIpc) is 2.79. The average molecular weight is 556 g/mol. The van der Waals surface area contributed by atoms with E-state index in [1.807, 2.05) is 13.8 Å². The fourth-order valence-corrected chi connectivity index (χ4v) is 3.11. The van der Waals surface area contributed by atoms with Gasteiger partial charge in [-0.25, -0.2) is 14.4 Å². The molecule has 0 aromatic heterocycles. The number of benzene rings is 1. The summed E-state index contributed by atoms with van der Waals surface area (Å²) in [7, 11) is 0. The molecule has 0 aliphatic carbocycles. The highest BCUT2D eigenvalue weighted by Crippen LogP contribution is 2.32. The maximum Gasteiger partial charge on any atom is 0.514 e. The summed E-state index contributed by atoms with van der Waals surface area (Å²) in [6.45, 7) is 13.7. The van der Waals surface area contributed by atoms with E-state index in [0.29, 0.717) is 18.4 Å². The van der Waals surface area contributed by atoms with Crippen LogP contribution >= 0.6 is 0 Å². The molecule has 0 bridgehead atoms. The zero-order valence-electron chi connectivity index (χ0n) is 24.0. The van der Waals surface area contributed by atoms with Crippen molar-refractivity contribution in [1.29, 1.82) is 0 Å². The quantitative estimate of drug-likeness (QED) is 0.181. The van der Waals surface area contributed by atoms with E-state index in [2.05, 4.69) is 0 Å². The third kappa shape index (κ3) is 11.4. The number of hydrogen-bond donors (Lipinski definition) is 2. The molecule has 12 heteroatoms. The zero-order valence-corrected chi connectivity index (χ0v) is 24.0. The van der Waals surface area contributed by atoms with Crippen LogP contribution in [0.2, 0.25) is 0 Å². The van der Waals surface area contributed by atoms with Crippen LogP contribution in [0.5, 0.6) is 11.5 Å². The van der Waals surface area contributed by atoms with E-state index in [1.54, 1.807) is 34.6 Å². The Bertz CT molecular complexity index is 1020. The minimum Gasteiger partial charge on any atom is -0.480 e. The van der Waals surface area contributed by atoms with Gasteiger partial charge in [0.2, 0.25) is 0 Å². The Balaban J connectivity index is 3.28. The third-order valence-electron chi connectivity index (χ3n) is 5.97. The summed E-state index contributed by atoms with van der Waals surface area (Å²) in [5.74, 6) is -1.71. The molecule has 39 heavy (non-hydrogen) atoms. The van der Waals surface area contributed by atoms with Gasteiger partial charge in [-0.15, -0.1) is 0 Å². The molecular formula is C27H41NO11. The number of carboxylic acids is 1. The minimum atomic E-state index is -1.87. The van der Waals surface area contributed by atoms with Crippen LogP contribution in [0.25, 0.3) is 0 Å². The predicted octanol–water partition coefficient (Wildman–Crippen LogP) is 5.37. The molecule has 0 radical (unpaired) electrons. The number of ether oxygens (including phenoxy) is 6. The molecule has 1 rings (SSSR count). The summed E-state index contributed by atoms with van der Waals surface area (Å²) in [5, 5.41) is 9.87. The van der Waals surface area contributed by atoms with Crippen molar-refractivity contribution in [3.05, 3.63) is 23.8 Å². The van der Waals surface area contributed by atoms with Crippen molar-refractivity contribution in [3.8, 4) is 11.5 Å². The van der Waals surface area contributed by atoms with E-state index in [1.165, 1.54) is 25.1 Å².